The van der Waals surface area contributed by atoms with Gasteiger partial charge in [0.05, 0.1) is 21.3 Å². The molecule has 126 valence electrons. The zero-order valence-electron chi connectivity index (χ0n) is 14.0. The third-order valence-corrected chi connectivity index (χ3v) is 4.28. The highest BCUT2D eigenvalue weighted by atomic mass is 16.5. The molecule has 0 aliphatic heterocycles. The summed E-state index contributed by atoms with van der Waals surface area (Å²) in [6, 6.07) is 13.3. The standard InChI is InChI=1S/C19H21NO4/c1-22-16-9-12(10-17(23-2)18(16)24-3)14-11-15(14)19(21)20-13-7-5-4-6-8-13/h4-10,14-15H,11H2,1-3H3,(H,20,21)/t14-,15-/m1/s1. The number of methoxy groups -OCH3 is 3. The molecule has 1 aliphatic rings. The van der Waals surface area contributed by atoms with Crippen LogP contribution in [0.5, 0.6) is 17.2 Å². The number of ether oxygens (including phenoxy) is 3. The molecule has 1 fully saturated rings. The zero-order valence-corrected chi connectivity index (χ0v) is 14.0. The SMILES string of the molecule is COc1cc([C@H]2C[C@H]2C(=O)Nc2ccccc2)cc(OC)c1OC. The Balaban J connectivity index is 1.76. The van der Waals surface area contributed by atoms with E-state index in [1.165, 1.54) is 0 Å². The van der Waals surface area contributed by atoms with Crippen molar-refractivity contribution >= 4 is 11.6 Å². The minimum absolute atomic E-state index is 0.0342. The van der Waals surface area contributed by atoms with Gasteiger partial charge in [0, 0.05) is 11.6 Å². The Morgan fingerprint density at radius 3 is 2.17 bits per heavy atom. The lowest BCUT2D eigenvalue weighted by Gasteiger charge is -2.14. The molecule has 0 unspecified atom stereocenters. The molecule has 1 aliphatic carbocycles. The lowest BCUT2D eigenvalue weighted by molar-refractivity contribution is -0.117. The van der Waals surface area contributed by atoms with Crippen molar-refractivity contribution in [3.8, 4) is 17.2 Å². The van der Waals surface area contributed by atoms with Gasteiger partial charge in [0.25, 0.3) is 0 Å². The smallest absolute Gasteiger partial charge is 0.228 e. The number of amides is 1. The lowest BCUT2D eigenvalue weighted by Crippen LogP contribution is -2.14. The minimum atomic E-state index is -0.0342. The Bertz CT molecular complexity index is 704. The van der Waals surface area contributed by atoms with E-state index in [4.69, 9.17) is 14.2 Å². The van der Waals surface area contributed by atoms with E-state index in [-0.39, 0.29) is 17.7 Å². The Morgan fingerprint density at radius 1 is 1.00 bits per heavy atom. The van der Waals surface area contributed by atoms with Crippen LogP contribution in [-0.4, -0.2) is 27.2 Å². The van der Waals surface area contributed by atoms with E-state index >= 15 is 0 Å². The first-order valence-electron chi connectivity index (χ1n) is 7.83. The Labute approximate surface area is 141 Å². The van der Waals surface area contributed by atoms with Gasteiger partial charge in [-0.25, -0.2) is 0 Å². The second-order valence-corrected chi connectivity index (χ2v) is 5.76. The van der Waals surface area contributed by atoms with Gasteiger partial charge in [-0.15, -0.1) is 0 Å². The molecule has 3 rings (SSSR count). The summed E-state index contributed by atoms with van der Waals surface area (Å²) in [4.78, 5) is 12.4. The third-order valence-electron chi connectivity index (χ3n) is 4.28. The van der Waals surface area contributed by atoms with Gasteiger partial charge in [0.2, 0.25) is 11.7 Å². The molecule has 5 heteroatoms. The van der Waals surface area contributed by atoms with Gasteiger partial charge in [-0.2, -0.15) is 0 Å². The van der Waals surface area contributed by atoms with Crippen LogP contribution in [-0.2, 0) is 4.79 Å². The van der Waals surface area contributed by atoms with E-state index in [1.807, 2.05) is 42.5 Å². The van der Waals surface area contributed by atoms with E-state index in [0.717, 1.165) is 17.7 Å². The summed E-state index contributed by atoms with van der Waals surface area (Å²) < 4.78 is 16.1. The molecule has 2 atom stereocenters. The fourth-order valence-electron chi connectivity index (χ4n) is 2.93. The van der Waals surface area contributed by atoms with Crippen molar-refractivity contribution in [2.75, 3.05) is 26.6 Å². The number of rotatable bonds is 6. The van der Waals surface area contributed by atoms with Crippen LogP contribution in [0.15, 0.2) is 42.5 Å². The Morgan fingerprint density at radius 2 is 1.62 bits per heavy atom. The summed E-state index contributed by atoms with van der Waals surface area (Å²) in [7, 11) is 4.76. The molecule has 5 nitrogen and oxygen atoms in total. The molecule has 0 saturated heterocycles. The van der Waals surface area contributed by atoms with Crippen LogP contribution in [0.2, 0.25) is 0 Å². The highest BCUT2D eigenvalue weighted by Gasteiger charge is 2.44. The molecular formula is C19H21NO4. The summed E-state index contributed by atoms with van der Waals surface area (Å²) in [5.41, 5.74) is 1.84. The number of hydrogen-bond acceptors (Lipinski definition) is 4. The molecule has 1 amide bonds. The molecule has 2 aromatic rings. The second kappa shape index (κ2) is 6.83. The number of nitrogens with one attached hydrogen (secondary N) is 1. The number of benzene rings is 2. The van der Waals surface area contributed by atoms with Gasteiger partial charge in [-0.1, -0.05) is 18.2 Å². The highest BCUT2D eigenvalue weighted by Crippen LogP contribution is 2.51. The fraction of sp³-hybridized carbons (Fsp3) is 0.316. The van der Waals surface area contributed by atoms with E-state index < -0.39 is 0 Å². The van der Waals surface area contributed by atoms with Crippen LogP contribution in [0.4, 0.5) is 5.69 Å². The van der Waals surface area contributed by atoms with E-state index in [0.29, 0.717) is 17.2 Å². The maximum absolute atomic E-state index is 12.4. The maximum Gasteiger partial charge on any atom is 0.228 e. The van der Waals surface area contributed by atoms with Gasteiger partial charge >= 0.3 is 0 Å². The molecule has 0 bridgehead atoms. The van der Waals surface area contributed by atoms with Gasteiger partial charge in [0.15, 0.2) is 11.5 Å². The van der Waals surface area contributed by atoms with Crippen molar-refractivity contribution in [2.24, 2.45) is 5.92 Å². The lowest BCUT2D eigenvalue weighted by atomic mass is 10.1. The molecule has 0 aromatic heterocycles. The molecule has 24 heavy (non-hydrogen) atoms. The Hall–Kier alpha value is -2.69. The third kappa shape index (κ3) is 3.15. The summed E-state index contributed by atoms with van der Waals surface area (Å²) in [6.45, 7) is 0. The Kier molecular flexibility index (Phi) is 4.60. The predicted molar refractivity (Wildman–Crippen MR) is 92.0 cm³/mol. The van der Waals surface area contributed by atoms with E-state index in [1.54, 1.807) is 21.3 Å². The molecule has 0 heterocycles. The highest BCUT2D eigenvalue weighted by molar-refractivity contribution is 5.95. The number of para-hydroxylation sites is 1. The van der Waals surface area contributed by atoms with Crippen LogP contribution >= 0.6 is 0 Å². The predicted octanol–water partition coefficient (Wildman–Crippen LogP) is 3.45. The quantitative estimate of drug-likeness (QED) is 0.883. The van der Waals surface area contributed by atoms with Crippen molar-refractivity contribution in [3.05, 3.63) is 48.0 Å². The maximum atomic E-state index is 12.4. The van der Waals surface area contributed by atoms with Gasteiger partial charge in [-0.3, -0.25) is 4.79 Å². The van der Waals surface area contributed by atoms with Crippen LogP contribution in [0, 0.1) is 5.92 Å². The summed E-state index contributed by atoms with van der Waals surface area (Å²) in [6.07, 6.45) is 0.817. The van der Waals surface area contributed by atoms with Crippen molar-refractivity contribution in [1.82, 2.24) is 0 Å². The van der Waals surface area contributed by atoms with E-state index in [9.17, 15) is 4.79 Å². The molecule has 2 aromatic carbocycles. The summed E-state index contributed by atoms with van der Waals surface area (Å²) in [5, 5.41) is 2.96. The van der Waals surface area contributed by atoms with Gasteiger partial charge in [-0.05, 0) is 42.2 Å². The molecule has 0 radical (unpaired) electrons. The fourth-order valence-corrected chi connectivity index (χ4v) is 2.93. The number of anilines is 1. The zero-order chi connectivity index (χ0) is 17.1. The van der Waals surface area contributed by atoms with Gasteiger partial charge < -0.3 is 19.5 Å². The van der Waals surface area contributed by atoms with Crippen molar-refractivity contribution in [3.63, 3.8) is 0 Å². The number of carbonyl (C=O) groups is 1. The summed E-state index contributed by atoms with van der Waals surface area (Å²) >= 11 is 0. The average Bonchev–Trinajstić information content (AvgIpc) is 3.42. The van der Waals surface area contributed by atoms with Crippen LogP contribution in [0.1, 0.15) is 17.9 Å². The van der Waals surface area contributed by atoms with E-state index in [2.05, 4.69) is 5.32 Å². The minimum Gasteiger partial charge on any atom is -0.493 e. The van der Waals surface area contributed by atoms with Crippen molar-refractivity contribution in [2.45, 2.75) is 12.3 Å². The first kappa shape index (κ1) is 16.2. The number of hydrogen-bond donors (Lipinski definition) is 1. The molecule has 1 N–H and O–H groups in total. The average molecular weight is 327 g/mol. The van der Waals surface area contributed by atoms with Crippen LogP contribution in [0.3, 0.4) is 0 Å². The monoisotopic (exact) mass is 327 g/mol. The van der Waals surface area contributed by atoms with Gasteiger partial charge in [0.1, 0.15) is 0 Å². The molecule has 1 saturated carbocycles. The summed E-state index contributed by atoms with van der Waals surface area (Å²) in [5.74, 6) is 1.96. The first-order chi connectivity index (χ1) is 11.7. The number of carbonyl (C=O) groups excluding carboxylic acids is 1. The molecule has 0 spiro atoms. The largest absolute Gasteiger partial charge is 0.493 e. The first-order valence-corrected chi connectivity index (χ1v) is 7.83. The van der Waals surface area contributed by atoms with Crippen LogP contribution < -0.4 is 19.5 Å². The topological polar surface area (TPSA) is 56.8 Å². The van der Waals surface area contributed by atoms with Crippen molar-refractivity contribution in [1.29, 1.82) is 0 Å². The van der Waals surface area contributed by atoms with Crippen molar-refractivity contribution < 1.29 is 19.0 Å². The van der Waals surface area contributed by atoms with Crippen LogP contribution in [0.25, 0.3) is 0 Å². The molecular weight excluding hydrogens is 306 g/mol. The second-order valence-electron chi connectivity index (χ2n) is 5.76. The normalized spacial score (nSPS) is 18.6.